The van der Waals surface area contributed by atoms with E-state index < -0.39 is 17.4 Å². The Bertz CT molecular complexity index is 413. The largest absolute Gasteiger partial charge is 0.478 e. The molecule has 1 rings (SSSR count). The highest BCUT2D eigenvalue weighted by Gasteiger charge is 2.14. The number of carbonyl (C=O) groups is 1. The summed E-state index contributed by atoms with van der Waals surface area (Å²) in [6.07, 6.45) is 0.581. The van der Waals surface area contributed by atoms with Crippen LogP contribution in [0, 0.1) is 5.82 Å². The Morgan fingerprint density at radius 3 is 2.65 bits per heavy atom. The third-order valence-corrected chi connectivity index (χ3v) is 3.15. The van der Waals surface area contributed by atoms with Crippen LogP contribution < -0.4 is 0 Å². The van der Waals surface area contributed by atoms with Gasteiger partial charge in [0.1, 0.15) is 5.82 Å². The molecule has 0 bridgehead atoms. The van der Waals surface area contributed by atoms with Gasteiger partial charge in [-0.1, -0.05) is 0 Å². The number of carboxylic acids is 1. The van der Waals surface area contributed by atoms with Crippen molar-refractivity contribution in [2.24, 2.45) is 0 Å². The zero-order chi connectivity index (χ0) is 13.1. The van der Waals surface area contributed by atoms with Crippen LogP contribution in [0.5, 0.6) is 0 Å². The quantitative estimate of drug-likeness (QED) is 0.797. The first-order valence-electron chi connectivity index (χ1n) is 5.17. The Balaban J connectivity index is 2.67. The molecule has 0 heterocycles. The fraction of sp³-hybridized carbons (Fsp3) is 0.417. The number of aromatic carboxylic acids is 1. The lowest BCUT2D eigenvalue weighted by Crippen LogP contribution is -2.19. The van der Waals surface area contributed by atoms with Crippen LogP contribution >= 0.6 is 11.8 Å². The highest BCUT2D eigenvalue weighted by Crippen LogP contribution is 2.24. The summed E-state index contributed by atoms with van der Waals surface area (Å²) in [6, 6.07) is 4.00. The second kappa shape index (κ2) is 5.51. The fourth-order valence-corrected chi connectivity index (χ4v) is 2.38. The molecule has 1 aromatic carbocycles. The molecule has 0 saturated heterocycles. The molecule has 0 unspecified atom stereocenters. The molecule has 3 nitrogen and oxygen atoms in total. The van der Waals surface area contributed by atoms with Crippen molar-refractivity contribution in [2.45, 2.75) is 30.8 Å². The third-order valence-electron chi connectivity index (χ3n) is 2.15. The van der Waals surface area contributed by atoms with E-state index >= 15 is 0 Å². The molecule has 94 valence electrons. The van der Waals surface area contributed by atoms with E-state index in [4.69, 9.17) is 5.11 Å². The molecule has 5 heteroatoms. The molecule has 0 fully saturated rings. The van der Waals surface area contributed by atoms with Crippen LogP contribution in [0.3, 0.4) is 0 Å². The SMILES string of the molecule is CC(C)(O)CCSc1ccc(F)c(C(=O)O)c1. The van der Waals surface area contributed by atoms with Gasteiger partial charge in [-0.25, -0.2) is 9.18 Å². The predicted molar refractivity (Wildman–Crippen MR) is 65.0 cm³/mol. The normalized spacial score (nSPS) is 11.5. The minimum absolute atomic E-state index is 0.321. The van der Waals surface area contributed by atoms with Gasteiger partial charge in [0.05, 0.1) is 11.2 Å². The van der Waals surface area contributed by atoms with Crippen LogP contribution in [0.2, 0.25) is 0 Å². The minimum Gasteiger partial charge on any atom is -0.478 e. The molecule has 0 aromatic heterocycles. The van der Waals surface area contributed by atoms with E-state index in [-0.39, 0.29) is 5.56 Å². The molecule has 0 radical (unpaired) electrons. The maximum Gasteiger partial charge on any atom is 0.338 e. The van der Waals surface area contributed by atoms with Gasteiger partial charge in [0.25, 0.3) is 0 Å². The van der Waals surface area contributed by atoms with Gasteiger partial charge in [0.15, 0.2) is 0 Å². The number of hydrogen-bond donors (Lipinski definition) is 2. The van der Waals surface area contributed by atoms with Crippen LogP contribution in [0.15, 0.2) is 23.1 Å². The Kier molecular flexibility index (Phi) is 4.54. The lowest BCUT2D eigenvalue weighted by atomic mass is 10.1. The molecule has 0 saturated carbocycles. The van der Waals surface area contributed by atoms with E-state index in [2.05, 4.69) is 0 Å². The summed E-state index contributed by atoms with van der Waals surface area (Å²) in [6.45, 7) is 3.42. The molecular formula is C12H15FO3S. The van der Waals surface area contributed by atoms with Crippen molar-refractivity contribution in [1.29, 1.82) is 0 Å². The number of rotatable bonds is 5. The number of thioether (sulfide) groups is 1. The topological polar surface area (TPSA) is 57.5 Å². The summed E-state index contributed by atoms with van der Waals surface area (Å²) in [5.74, 6) is -1.36. The van der Waals surface area contributed by atoms with Gasteiger partial charge >= 0.3 is 5.97 Å². The third kappa shape index (κ3) is 4.75. The first-order chi connectivity index (χ1) is 7.79. The molecule has 0 amide bonds. The fourth-order valence-electron chi connectivity index (χ4n) is 1.18. The highest BCUT2D eigenvalue weighted by atomic mass is 32.2. The van der Waals surface area contributed by atoms with Crippen molar-refractivity contribution in [2.75, 3.05) is 5.75 Å². The Morgan fingerprint density at radius 2 is 2.12 bits per heavy atom. The number of benzene rings is 1. The first kappa shape index (κ1) is 14.0. The summed E-state index contributed by atoms with van der Waals surface area (Å²) in [5.41, 5.74) is -1.07. The summed E-state index contributed by atoms with van der Waals surface area (Å²) in [7, 11) is 0. The van der Waals surface area contributed by atoms with E-state index in [1.165, 1.54) is 23.9 Å². The Labute approximate surface area is 104 Å². The van der Waals surface area contributed by atoms with Crippen LogP contribution in [0.4, 0.5) is 4.39 Å². The summed E-state index contributed by atoms with van der Waals surface area (Å²) in [5, 5.41) is 18.3. The lowest BCUT2D eigenvalue weighted by Gasteiger charge is -2.16. The predicted octanol–water partition coefficient (Wildman–Crippen LogP) is 2.78. The van der Waals surface area contributed by atoms with Crippen LogP contribution in [0.1, 0.15) is 30.6 Å². The lowest BCUT2D eigenvalue weighted by molar-refractivity contribution is 0.0690. The number of carboxylic acid groups (broad SMARTS) is 1. The molecular weight excluding hydrogens is 243 g/mol. The summed E-state index contributed by atoms with van der Waals surface area (Å²) in [4.78, 5) is 11.4. The van der Waals surface area contributed by atoms with E-state index in [0.717, 1.165) is 6.07 Å². The van der Waals surface area contributed by atoms with E-state index in [1.807, 2.05) is 0 Å². The average Bonchev–Trinajstić information content (AvgIpc) is 2.18. The first-order valence-corrected chi connectivity index (χ1v) is 6.16. The standard InChI is InChI=1S/C12H15FO3S/c1-12(2,16)5-6-17-8-3-4-10(13)9(7-8)11(14)15/h3-4,7,16H,5-6H2,1-2H3,(H,14,15). The van der Waals surface area contributed by atoms with E-state index in [1.54, 1.807) is 13.8 Å². The molecule has 0 spiro atoms. The molecule has 1 aromatic rings. The van der Waals surface area contributed by atoms with Gasteiger partial charge in [-0.05, 0) is 38.5 Å². The van der Waals surface area contributed by atoms with Crippen molar-refractivity contribution in [3.63, 3.8) is 0 Å². The number of hydrogen-bond acceptors (Lipinski definition) is 3. The number of halogens is 1. The molecule has 0 aliphatic carbocycles. The second-order valence-electron chi connectivity index (χ2n) is 4.36. The van der Waals surface area contributed by atoms with Crippen molar-refractivity contribution < 1.29 is 19.4 Å². The van der Waals surface area contributed by atoms with Crippen molar-refractivity contribution in [3.8, 4) is 0 Å². The van der Waals surface area contributed by atoms with E-state index in [0.29, 0.717) is 17.1 Å². The molecule has 2 N–H and O–H groups in total. The molecule has 0 atom stereocenters. The molecule has 0 aliphatic heterocycles. The maximum absolute atomic E-state index is 13.1. The van der Waals surface area contributed by atoms with Gasteiger partial charge < -0.3 is 10.2 Å². The second-order valence-corrected chi connectivity index (χ2v) is 5.53. The van der Waals surface area contributed by atoms with Crippen LogP contribution in [0.25, 0.3) is 0 Å². The summed E-state index contributed by atoms with van der Waals surface area (Å²) < 4.78 is 13.1. The molecule has 0 aliphatic rings. The number of aliphatic hydroxyl groups is 1. The highest BCUT2D eigenvalue weighted by molar-refractivity contribution is 7.99. The monoisotopic (exact) mass is 258 g/mol. The van der Waals surface area contributed by atoms with Gasteiger partial charge in [0.2, 0.25) is 0 Å². The van der Waals surface area contributed by atoms with Crippen molar-refractivity contribution >= 4 is 17.7 Å². The Hall–Kier alpha value is -1.07. The van der Waals surface area contributed by atoms with Gasteiger partial charge in [0, 0.05) is 10.6 Å². The van der Waals surface area contributed by atoms with Crippen molar-refractivity contribution in [1.82, 2.24) is 0 Å². The Morgan fingerprint density at radius 1 is 1.47 bits per heavy atom. The van der Waals surface area contributed by atoms with Crippen LogP contribution in [-0.2, 0) is 0 Å². The van der Waals surface area contributed by atoms with Gasteiger partial charge in [-0.2, -0.15) is 0 Å². The minimum atomic E-state index is -1.27. The smallest absolute Gasteiger partial charge is 0.338 e. The van der Waals surface area contributed by atoms with Gasteiger partial charge in [-0.15, -0.1) is 11.8 Å². The maximum atomic E-state index is 13.1. The average molecular weight is 258 g/mol. The van der Waals surface area contributed by atoms with Crippen LogP contribution in [-0.4, -0.2) is 27.5 Å². The zero-order valence-electron chi connectivity index (χ0n) is 9.74. The van der Waals surface area contributed by atoms with Gasteiger partial charge in [-0.3, -0.25) is 0 Å². The zero-order valence-corrected chi connectivity index (χ0v) is 10.6. The summed E-state index contributed by atoms with van der Waals surface area (Å²) >= 11 is 1.40. The van der Waals surface area contributed by atoms with E-state index in [9.17, 15) is 14.3 Å². The molecule has 17 heavy (non-hydrogen) atoms. The van der Waals surface area contributed by atoms with Crippen molar-refractivity contribution in [3.05, 3.63) is 29.6 Å².